The third-order valence-corrected chi connectivity index (χ3v) is 4.53. The second-order valence-electron chi connectivity index (χ2n) is 6.38. The summed E-state index contributed by atoms with van der Waals surface area (Å²) in [5, 5.41) is 0. The Morgan fingerprint density at radius 1 is 0.778 bits per heavy atom. The maximum Gasteiger partial charge on any atom is 0.410 e. The molecular weight excluding hydrogens is 438 g/mol. The van der Waals surface area contributed by atoms with Crippen molar-refractivity contribution in [2.75, 3.05) is 56.3 Å². The average molecular weight is 468 g/mol. The number of amides is 2. The zero-order chi connectivity index (χ0) is 20.8. The highest BCUT2D eigenvalue weighted by molar-refractivity contribution is 6.19. The molecule has 0 aliphatic rings. The Morgan fingerprint density at radius 2 is 1.19 bits per heavy atom. The van der Waals surface area contributed by atoms with Gasteiger partial charge in [0.1, 0.15) is 6.10 Å². The van der Waals surface area contributed by atoms with E-state index in [9.17, 15) is 9.59 Å². The van der Waals surface area contributed by atoms with Gasteiger partial charge in [0.15, 0.2) is 0 Å². The summed E-state index contributed by atoms with van der Waals surface area (Å²) in [6.07, 6.45) is -1.38. The molecule has 0 saturated carbocycles. The van der Waals surface area contributed by atoms with Crippen LogP contribution in [0.1, 0.15) is 20.8 Å². The molecular formula is C17H30Cl4N2O4. The highest BCUT2D eigenvalue weighted by Crippen LogP contribution is 2.19. The number of halogens is 4. The quantitative estimate of drug-likeness (QED) is 0.374. The van der Waals surface area contributed by atoms with Crippen molar-refractivity contribution >= 4 is 58.6 Å². The van der Waals surface area contributed by atoms with E-state index < -0.39 is 18.3 Å². The van der Waals surface area contributed by atoms with Gasteiger partial charge in [-0.15, -0.1) is 46.4 Å². The molecule has 2 atom stereocenters. The third-order valence-electron chi connectivity index (χ3n) is 3.86. The van der Waals surface area contributed by atoms with Gasteiger partial charge < -0.3 is 19.3 Å². The van der Waals surface area contributed by atoms with Gasteiger partial charge in [0.05, 0.1) is 6.61 Å². The Labute approximate surface area is 182 Å². The van der Waals surface area contributed by atoms with Crippen LogP contribution in [-0.4, -0.2) is 84.4 Å². The zero-order valence-corrected chi connectivity index (χ0v) is 19.2. The van der Waals surface area contributed by atoms with Crippen LogP contribution < -0.4 is 0 Å². The Balaban J connectivity index is 4.80. The zero-order valence-electron chi connectivity index (χ0n) is 16.1. The molecule has 0 spiro atoms. The fourth-order valence-corrected chi connectivity index (χ4v) is 3.30. The van der Waals surface area contributed by atoms with Crippen LogP contribution in [0.5, 0.6) is 0 Å². The Hall–Kier alpha value is -0.300. The average Bonchev–Trinajstić information content (AvgIpc) is 2.63. The summed E-state index contributed by atoms with van der Waals surface area (Å²) < 4.78 is 11.0. The molecule has 0 radical (unpaired) electrons. The van der Waals surface area contributed by atoms with Gasteiger partial charge in [-0.2, -0.15) is 0 Å². The summed E-state index contributed by atoms with van der Waals surface area (Å²) in [5.41, 5.74) is 0. The molecule has 0 aliphatic carbocycles. The number of hydrogen-bond acceptors (Lipinski definition) is 4. The van der Waals surface area contributed by atoms with E-state index in [0.717, 1.165) is 0 Å². The van der Waals surface area contributed by atoms with Crippen molar-refractivity contribution in [3.63, 3.8) is 0 Å². The standard InChI is InChI=1S/C17H30Cl4N2O4/c1-13(2)15(27-17(25)23(10-6-20)11-7-21)14(3)12-26-16(24)22(8-4-18)9-5-19/h13-15H,4-12H2,1-3H3. The molecule has 2 amide bonds. The SMILES string of the molecule is CC(C)C(OC(=O)N(CCCl)CCCl)C(C)COC(=O)N(CCCl)CCCl. The number of nitrogens with zero attached hydrogens (tertiary/aromatic N) is 2. The first-order valence-electron chi connectivity index (χ1n) is 8.93. The number of hydrogen-bond donors (Lipinski definition) is 0. The number of rotatable bonds is 13. The van der Waals surface area contributed by atoms with E-state index in [1.54, 1.807) is 0 Å². The minimum absolute atomic E-state index is 0.0401. The second-order valence-corrected chi connectivity index (χ2v) is 7.89. The van der Waals surface area contributed by atoms with Crippen LogP contribution in [0.25, 0.3) is 0 Å². The topological polar surface area (TPSA) is 59.1 Å². The van der Waals surface area contributed by atoms with Crippen molar-refractivity contribution in [1.82, 2.24) is 9.80 Å². The van der Waals surface area contributed by atoms with E-state index in [0.29, 0.717) is 49.7 Å². The molecule has 0 aromatic rings. The maximum absolute atomic E-state index is 12.4. The van der Waals surface area contributed by atoms with Crippen LogP contribution in [0, 0.1) is 11.8 Å². The molecule has 0 saturated heterocycles. The van der Waals surface area contributed by atoms with Gasteiger partial charge in [0, 0.05) is 55.6 Å². The molecule has 0 aromatic carbocycles. The van der Waals surface area contributed by atoms with Crippen LogP contribution in [0.2, 0.25) is 0 Å². The van der Waals surface area contributed by atoms with Crippen LogP contribution in [-0.2, 0) is 9.47 Å². The lowest BCUT2D eigenvalue weighted by molar-refractivity contribution is -0.00538. The molecule has 0 fully saturated rings. The van der Waals surface area contributed by atoms with Crippen LogP contribution in [0.4, 0.5) is 9.59 Å². The molecule has 0 heterocycles. The number of carbonyl (C=O) groups excluding carboxylic acids is 2. The van der Waals surface area contributed by atoms with E-state index in [4.69, 9.17) is 55.9 Å². The summed E-state index contributed by atoms with van der Waals surface area (Å²) >= 11 is 22.9. The molecule has 27 heavy (non-hydrogen) atoms. The van der Waals surface area contributed by atoms with E-state index in [2.05, 4.69) is 0 Å². The smallest absolute Gasteiger partial charge is 0.410 e. The Kier molecular flexibility index (Phi) is 15.4. The molecule has 2 unspecified atom stereocenters. The number of alkyl halides is 4. The number of ether oxygens (including phenoxy) is 2. The van der Waals surface area contributed by atoms with Crippen molar-refractivity contribution < 1.29 is 19.1 Å². The molecule has 160 valence electrons. The summed E-state index contributed by atoms with van der Waals surface area (Å²) in [7, 11) is 0. The van der Waals surface area contributed by atoms with Crippen molar-refractivity contribution in [2.45, 2.75) is 26.9 Å². The van der Waals surface area contributed by atoms with Gasteiger partial charge in [-0.3, -0.25) is 0 Å². The van der Waals surface area contributed by atoms with Gasteiger partial charge in [-0.1, -0.05) is 20.8 Å². The van der Waals surface area contributed by atoms with Crippen LogP contribution in [0.15, 0.2) is 0 Å². The second kappa shape index (κ2) is 15.6. The van der Waals surface area contributed by atoms with E-state index >= 15 is 0 Å². The fraction of sp³-hybridized carbons (Fsp3) is 0.882. The largest absolute Gasteiger partial charge is 0.449 e. The normalized spacial score (nSPS) is 13.2. The van der Waals surface area contributed by atoms with Crippen LogP contribution in [0.3, 0.4) is 0 Å². The molecule has 0 aliphatic heterocycles. The predicted octanol–water partition coefficient (Wildman–Crippen LogP) is 4.48. The molecule has 10 heteroatoms. The molecule has 0 aromatic heterocycles. The highest BCUT2D eigenvalue weighted by atomic mass is 35.5. The van der Waals surface area contributed by atoms with Crippen molar-refractivity contribution in [2.24, 2.45) is 11.8 Å². The van der Waals surface area contributed by atoms with Gasteiger partial charge in [-0.05, 0) is 5.92 Å². The first-order chi connectivity index (χ1) is 12.8. The number of carbonyl (C=O) groups is 2. The molecule has 0 rings (SSSR count). The monoisotopic (exact) mass is 466 g/mol. The lowest BCUT2D eigenvalue weighted by atomic mass is 9.95. The van der Waals surface area contributed by atoms with Crippen LogP contribution >= 0.6 is 46.4 Å². The lowest BCUT2D eigenvalue weighted by Gasteiger charge is -2.30. The Morgan fingerprint density at radius 3 is 1.56 bits per heavy atom. The first kappa shape index (κ1) is 26.7. The van der Waals surface area contributed by atoms with Crippen molar-refractivity contribution in [3.8, 4) is 0 Å². The fourth-order valence-electron chi connectivity index (χ4n) is 2.49. The van der Waals surface area contributed by atoms with Crippen molar-refractivity contribution in [3.05, 3.63) is 0 Å². The van der Waals surface area contributed by atoms with E-state index in [1.165, 1.54) is 9.80 Å². The molecule has 0 N–H and O–H groups in total. The predicted molar refractivity (Wildman–Crippen MR) is 112 cm³/mol. The minimum atomic E-state index is -0.483. The lowest BCUT2D eigenvalue weighted by Crippen LogP contribution is -2.42. The third kappa shape index (κ3) is 10.7. The minimum Gasteiger partial charge on any atom is -0.449 e. The molecule has 6 nitrogen and oxygen atoms in total. The summed E-state index contributed by atoms with van der Waals surface area (Å²) in [6.45, 7) is 7.28. The summed E-state index contributed by atoms with van der Waals surface area (Å²) in [6, 6.07) is 0. The first-order valence-corrected chi connectivity index (χ1v) is 11.1. The summed E-state index contributed by atoms with van der Waals surface area (Å²) in [4.78, 5) is 27.5. The van der Waals surface area contributed by atoms with E-state index in [-0.39, 0.29) is 18.4 Å². The Bertz CT molecular complexity index is 418. The van der Waals surface area contributed by atoms with Gasteiger partial charge in [0.2, 0.25) is 0 Å². The van der Waals surface area contributed by atoms with Crippen molar-refractivity contribution in [1.29, 1.82) is 0 Å². The summed E-state index contributed by atoms with van der Waals surface area (Å²) in [5.74, 6) is 1.03. The van der Waals surface area contributed by atoms with E-state index in [1.807, 2.05) is 20.8 Å². The van der Waals surface area contributed by atoms with Gasteiger partial charge in [0.25, 0.3) is 0 Å². The van der Waals surface area contributed by atoms with Gasteiger partial charge >= 0.3 is 12.2 Å². The highest BCUT2D eigenvalue weighted by Gasteiger charge is 2.28. The molecule has 0 bridgehead atoms. The maximum atomic E-state index is 12.4. The van der Waals surface area contributed by atoms with Gasteiger partial charge in [-0.25, -0.2) is 9.59 Å².